The number of nitrogens with zero attached hydrogens (tertiary/aromatic N) is 1. The Morgan fingerprint density at radius 3 is 2.89 bits per heavy atom. The van der Waals surface area contributed by atoms with Gasteiger partial charge in [-0.1, -0.05) is 6.07 Å². The number of rotatable bonds is 4. The molecule has 2 rings (SSSR count). The van der Waals surface area contributed by atoms with Gasteiger partial charge in [-0.25, -0.2) is 9.18 Å². The highest BCUT2D eigenvalue weighted by Crippen LogP contribution is 2.31. The molecule has 0 radical (unpaired) electrons. The SMILES string of the molecule is CCOc1ccc(-c2c(N)n[nH]c2C(=O)O)cc1F. The molecule has 0 unspecified atom stereocenters. The van der Waals surface area contributed by atoms with Gasteiger partial charge in [-0.3, -0.25) is 5.10 Å². The predicted molar refractivity (Wildman–Crippen MR) is 66.5 cm³/mol. The first kappa shape index (κ1) is 12.9. The first-order chi connectivity index (χ1) is 9.04. The Hall–Kier alpha value is -2.57. The summed E-state index contributed by atoms with van der Waals surface area (Å²) in [6.07, 6.45) is 0. The lowest BCUT2D eigenvalue weighted by Gasteiger charge is -2.07. The number of ether oxygens (including phenoxy) is 1. The van der Waals surface area contributed by atoms with Crippen molar-refractivity contribution >= 4 is 11.8 Å². The minimum atomic E-state index is -1.21. The number of hydrogen-bond donors (Lipinski definition) is 3. The molecule has 1 aromatic carbocycles. The molecule has 0 saturated carbocycles. The van der Waals surface area contributed by atoms with E-state index in [0.717, 1.165) is 0 Å². The van der Waals surface area contributed by atoms with E-state index in [2.05, 4.69) is 10.2 Å². The number of hydrogen-bond acceptors (Lipinski definition) is 4. The summed E-state index contributed by atoms with van der Waals surface area (Å²) in [5, 5.41) is 14.9. The number of nitrogen functional groups attached to an aromatic ring is 1. The summed E-state index contributed by atoms with van der Waals surface area (Å²) in [5.41, 5.74) is 5.90. The van der Waals surface area contributed by atoms with Gasteiger partial charge in [-0.2, -0.15) is 5.10 Å². The molecule has 0 aliphatic heterocycles. The number of aromatic carboxylic acids is 1. The van der Waals surface area contributed by atoms with Crippen molar-refractivity contribution < 1.29 is 19.0 Å². The van der Waals surface area contributed by atoms with Gasteiger partial charge >= 0.3 is 5.97 Å². The maximum Gasteiger partial charge on any atom is 0.354 e. The molecule has 0 aliphatic rings. The van der Waals surface area contributed by atoms with Crippen LogP contribution in [0.4, 0.5) is 10.2 Å². The highest BCUT2D eigenvalue weighted by molar-refractivity contribution is 5.97. The summed E-state index contributed by atoms with van der Waals surface area (Å²) in [6, 6.07) is 4.12. The first-order valence-corrected chi connectivity index (χ1v) is 5.54. The molecule has 2 aromatic rings. The summed E-state index contributed by atoms with van der Waals surface area (Å²) in [6.45, 7) is 2.08. The Labute approximate surface area is 108 Å². The Morgan fingerprint density at radius 1 is 1.58 bits per heavy atom. The molecular formula is C12H12FN3O3. The van der Waals surface area contributed by atoms with Crippen molar-refractivity contribution in [1.82, 2.24) is 10.2 Å². The van der Waals surface area contributed by atoms with Gasteiger partial charge in [-0.15, -0.1) is 0 Å². The Morgan fingerprint density at radius 2 is 2.32 bits per heavy atom. The minimum Gasteiger partial charge on any atom is -0.491 e. The number of nitrogens with two attached hydrogens (primary N) is 1. The molecule has 100 valence electrons. The van der Waals surface area contributed by atoms with Crippen molar-refractivity contribution in [2.24, 2.45) is 0 Å². The number of aromatic nitrogens is 2. The smallest absolute Gasteiger partial charge is 0.354 e. The van der Waals surface area contributed by atoms with Gasteiger partial charge in [-0.05, 0) is 24.6 Å². The molecular weight excluding hydrogens is 253 g/mol. The van der Waals surface area contributed by atoms with E-state index in [9.17, 15) is 9.18 Å². The molecule has 1 heterocycles. The minimum absolute atomic E-state index is 0.000889. The molecule has 0 atom stereocenters. The van der Waals surface area contributed by atoms with Crippen molar-refractivity contribution in [3.8, 4) is 16.9 Å². The molecule has 0 bridgehead atoms. The van der Waals surface area contributed by atoms with E-state index >= 15 is 0 Å². The van der Waals surface area contributed by atoms with Crippen LogP contribution in [0.2, 0.25) is 0 Å². The van der Waals surface area contributed by atoms with Gasteiger partial charge in [0.05, 0.1) is 12.2 Å². The van der Waals surface area contributed by atoms with E-state index in [1.54, 1.807) is 6.92 Å². The Balaban J connectivity index is 2.51. The van der Waals surface area contributed by atoms with Crippen LogP contribution in [0.15, 0.2) is 18.2 Å². The summed E-state index contributed by atoms with van der Waals surface area (Å²) in [4.78, 5) is 11.0. The van der Waals surface area contributed by atoms with Gasteiger partial charge in [0.15, 0.2) is 23.1 Å². The normalized spacial score (nSPS) is 10.4. The number of benzene rings is 1. The van der Waals surface area contributed by atoms with E-state index in [4.69, 9.17) is 15.6 Å². The lowest BCUT2D eigenvalue weighted by molar-refractivity contribution is 0.0691. The molecule has 4 N–H and O–H groups in total. The number of carboxylic acids is 1. The monoisotopic (exact) mass is 265 g/mol. The highest BCUT2D eigenvalue weighted by atomic mass is 19.1. The van der Waals surface area contributed by atoms with Crippen LogP contribution in [0.1, 0.15) is 17.4 Å². The lowest BCUT2D eigenvalue weighted by Crippen LogP contribution is -2.00. The quantitative estimate of drug-likeness (QED) is 0.783. The van der Waals surface area contributed by atoms with Crippen LogP contribution in [0, 0.1) is 5.82 Å². The van der Waals surface area contributed by atoms with E-state index in [0.29, 0.717) is 12.2 Å². The van der Waals surface area contributed by atoms with Crippen LogP contribution in [0.3, 0.4) is 0 Å². The number of anilines is 1. The number of halogens is 1. The molecule has 1 aromatic heterocycles. The van der Waals surface area contributed by atoms with Crippen molar-refractivity contribution in [2.45, 2.75) is 6.92 Å². The average Bonchev–Trinajstić information content (AvgIpc) is 2.74. The second-order valence-electron chi connectivity index (χ2n) is 3.74. The van der Waals surface area contributed by atoms with Gasteiger partial charge in [0.2, 0.25) is 0 Å². The molecule has 0 saturated heterocycles. The van der Waals surface area contributed by atoms with Crippen LogP contribution < -0.4 is 10.5 Å². The first-order valence-electron chi connectivity index (χ1n) is 5.54. The van der Waals surface area contributed by atoms with E-state index in [1.807, 2.05) is 0 Å². The largest absolute Gasteiger partial charge is 0.491 e. The van der Waals surface area contributed by atoms with Crippen LogP contribution in [-0.4, -0.2) is 27.9 Å². The van der Waals surface area contributed by atoms with Gasteiger partial charge in [0.1, 0.15) is 0 Å². The van der Waals surface area contributed by atoms with Gasteiger partial charge in [0, 0.05) is 0 Å². The van der Waals surface area contributed by atoms with E-state index in [1.165, 1.54) is 18.2 Å². The third kappa shape index (κ3) is 2.35. The molecule has 6 nitrogen and oxygen atoms in total. The van der Waals surface area contributed by atoms with E-state index in [-0.39, 0.29) is 22.8 Å². The fourth-order valence-corrected chi connectivity index (χ4v) is 1.73. The van der Waals surface area contributed by atoms with E-state index < -0.39 is 11.8 Å². The zero-order chi connectivity index (χ0) is 14.0. The van der Waals surface area contributed by atoms with Crippen molar-refractivity contribution in [3.63, 3.8) is 0 Å². The highest BCUT2D eigenvalue weighted by Gasteiger charge is 2.19. The summed E-state index contributed by atoms with van der Waals surface area (Å²) in [7, 11) is 0. The average molecular weight is 265 g/mol. The molecule has 0 aliphatic carbocycles. The maximum absolute atomic E-state index is 13.7. The van der Waals surface area contributed by atoms with Gasteiger partial charge in [0.25, 0.3) is 0 Å². The molecule has 19 heavy (non-hydrogen) atoms. The fraction of sp³-hybridized carbons (Fsp3) is 0.167. The third-order valence-corrected chi connectivity index (χ3v) is 2.53. The zero-order valence-electron chi connectivity index (χ0n) is 10.1. The standard InChI is InChI=1S/C12H12FN3O3/c1-2-19-8-4-3-6(5-7(8)13)9-10(12(17)18)15-16-11(9)14/h3-5H,2H2,1H3,(H,17,18)(H3,14,15,16). The number of H-pyrrole nitrogens is 1. The molecule has 0 spiro atoms. The van der Waals surface area contributed by atoms with Crippen LogP contribution in [0.5, 0.6) is 5.75 Å². The van der Waals surface area contributed by atoms with Gasteiger partial charge < -0.3 is 15.6 Å². The predicted octanol–water partition coefficient (Wildman–Crippen LogP) is 1.89. The van der Waals surface area contributed by atoms with Crippen LogP contribution in [-0.2, 0) is 0 Å². The van der Waals surface area contributed by atoms with Crippen molar-refractivity contribution in [3.05, 3.63) is 29.7 Å². The summed E-state index contributed by atoms with van der Waals surface area (Å²) in [5.74, 6) is -1.70. The van der Waals surface area contributed by atoms with Crippen molar-refractivity contribution in [1.29, 1.82) is 0 Å². The second kappa shape index (κ2) is 4.97. The fourth-order valence-electron chi connectivity index (χ4n) is 1.73. The third-order valence-electron chi connectivity index (χ3n) is 2.53. The second-order valence-corrected chi connectivity index (χ2v) is 3.74. The van der Waals surface area contributed by atoms with Crippen molar-refractivity contribution in [2.75, 3.05) is 12.3 Å². The maximum atomic E-state index is 13.7. The van der Waals surface area contributed by atoms with Crippen LogP contribution in [0.25, 0.3) is 11.1 Å². The molecule has 0 amide bonds. The summed E-state index contributed by atoms with van der Waals surface area (Å²) < 4.78 is 18.8. The Bertz CT molecular complexity index is 625. The number of carboxylic acid groups (broad SMARTS) is 1. The Kier molecular flexibility index (Phi) is 3.37. The summed E-state index contributed by atoms with van der Waals surface area (Å²) >= 11 is 0. The lowest BCUT2D eigenvalue weighted by atomic mass is 10.0. The number of aromatic amines is 1. The number of carbonyl (C=O) groups is 1. The molecule has 7 heteroatoms. The molecule has 0 fully saturated rings. The topological polar surface area (TPSA) is 101 Å². The zero-order valence-corrected chi connectivity index (χ0v) is 10.1. The van der Waals surface area contributed by atoms with Crippen LogP contribution >= 0.6 is 0 Å². The number of nitrogens with one attached hydrogen (secondary N) is 1.